The molecule has 0 radical (unpaired) electrons. The smallest absolute Gasteiger partial charge is 0.355 e. The summed E-state index contributed by atoms with van der Waals surface area (Å²) >= 11 is 0. The molecule has 1 heterocycles. The van der Waals surface area contributed by atoms with E-state index in [2.05, 4.69) is 0 Å². The van der Waals surface area contributed by atoms with Crippen molar-refractivity contribution in [2.45, 2.75) is 13.8 Å². The van der Waals surface area contributed by atoms with Gasteiger partial charge in [-0.15, -0.1) is 0 Å². The molecule has 0 aliphatic carbocycles. The Hall–Kier alpha value is -2.70. The summed E-state index contributed by atoms with van der Waals surface area (Å²) in [5.74, 6) is -2.65. The first-order valence-corrected chi connectivity index (χ1v) is 6.77. The van der Waals surface area contributed by atoms with E-state index in [-0.39, 0.29) is 17.0 Å². The summed E-state index contributed by atoms with van der Waals surface area (Å²) in [6, 6.07) is 4.99. The Labute approximate surface area is 132 Å². The van der Waals surface area contributed by atoms with Gasteiger partial charge in [0, 0.05) is 5.69 Å². The fourth-order valence-corrected chi connectivity index (χ4v) is 2.48. The Balaban J connectivity index is 2.71. The summed E-state index contributed by atoms with van der Waals surface area (Å²) < 4.78 is 22.5. The van der Waals surface area contributed by atoms with Crippen molar-refractivity contribution in [3.63, 3.8) is 0 Å². The van der Waals surface area contributed by atoms with E-state index >= 15 is 0 Å². The summed E-state index contributed by atoms with van der Waals surface area (Å²) in [5.41, 5.74) is -1.35. The third-order valence-corrected chi connectivity index (χ3v) is 3.68. The SMILES string of the molecule is COC(=O)C1=C(C(=O)OC)C(C)(C)C(=O)N1c1ccc(F)cc1. The van der Waals surface area contributed by atoms with E-state index in [1.54, 1.807) is 0 Å². The number of amides is 1. The topological polar surface area (TPSA) is 72.9 Å². The molecule has 0 unspecified atom stereocenters. The highest BCUT2D eigenvalue weighted by Crippen LogP contribution is 2.43. The van der Waals surface area contributed by atoms with Crippen LogP contribution in [0, 0.1) is 11.2 Å². The number of carbonyl (C=O) groups is 3. The van der Waals surface area contributed by atoms with E-state index in [0.717, 1.165) is 31.3 Å². The molecule has 1 amide bonds. The first kappa shape index (κ1) is 16.7. The molecule has 1 aliphatic rings. The van der Waals surface area contributed by atoms with Crippen molar-refractivity contribution in [2.24, 2.45) is 5.41 Å². The molecule has 7 heteroatoms. The second kappa shape index (κ2) is 5.83. The lowest BCUT2D eigenvalue weighted by molar-refractivity contribution is -0.140. The van der Waals surface area contributed by atoms with Gasteiger partial charge >= 0.3 is 11.9 Å². The summed E-state index contributed by atoms with van der Waals surface area (Å²) in [5, 5.41) is 0. The minimum Gasteiger partial charge on any atom is -0.466 e. The first-order valence-electron chi connectivity index (χ1n) is 6.77. The number of methoxy groups -OCH3 is 2. The Morgan fingerprint density at radius 3 is 2.04 bits per heavy atom. The monoisotopic (exact) mass is 321 g/mol. The number of nitrogens with zero attached hydrogens (tertiary/aromatic N) is 1. The lowest BCUT2D eigenvalue weighted by atomic mass is 9.85. The van der Waals surface area contributed by atoms with Crippen molar-refractivity contribution in [1.82, 2.24) is 0 Å². The van der Waals surface area contributed by atoms with E-state index in [4.69, 9.17) is 9.47 Å². The van der Waals surface area contributed by atoms with Gasteiger partial charge in [0.15, 0.2) is 0 Å². The minimum atomic E-state index is -1.29. The third-order valence-electron chi connectivity index (χ3n) is 3.68. The lowest BCUT2D eigenvalue weighted by Gasteiger charge is -2.22. The average molecular weight is 321 g/mol. The molecule has 0 atom stereocenters. The number of hydrogen-bond donors (Lipinski definition) is 0. The third kappa shape index (κ3) is 2.58. The largest absolute Gasteiger partial charge is 0.466 e. The molecule has 1 aromatic rings. The summed E-state index contributed by atoms with van der Waals surface area (Å²) in [7, 11) is 2.30. The maximum atomic E-state index is 13.1. The normalized spacial score (nSPS) is 16.6. The molecule has 1 aromatic carbocycles. The Kier molecular flexibility index (Phi) is 4.22. The highest BCUT2D eigenvalue weighted by Gasteiger charge is 2.52. The number of esters is 2. The molecule has 122 valence electrons. The molecule has 0 aromatic heterocycles. The molecule has 0 saturated carbocycles. The molecule has 23 heavy (non-hydrogen) atoms. The van der Waals surface area contributed by atoms with Gasteiger partial charge in [0.1, 0.15) is 11.5 Å². The number of anilines is 1. The Morgan fingerprint density at radius 2 is 1.57 bits per heavy atom. The zero-order valence-corrected chi connectivity index (χ0v) is 13.2. The van der Waals surface area contributed by atoms with E-state index in [1.807, 2.05) is 0 Å². The Bertz CT molecular complexity index is 706. The molecule has 6 nitrogen and oxygen atoms in total. The van der Waals surface area contributed by atoms with Crippen LogP contribution in [0.15, 0.2) is 35.5 Å². The van der Waals surface area contributed by atoms with Crippen molar-refractivity contribution in [3.05, 3.63) is 41.4 Å². The highest BCUT2D eigenvalue weighted by atomic mass is 19.1. The maximum Gasteiger partial charge on any atom is 0.355 e. The van der Waals surface area contributed by atoms with Gasteiger partial charge in [-0.25, -0.2) is 14.0 Å². The van der Waals surface area contributed by atoms with Crippen molar-refractivity contribution < 1.29 is 28.2 Å². The standard InChI is InChI=1S/C16H16FNO5/c1-16(2)11(13(19)22-3)12(14(20)23-4)18(15(16)21)10-7-5-9(17)6-8-10/h5-8H,1-4H3. The van der Waals surface area contributed by atoms with Crippen molar-refractivity contribution in [2.75, 3.05) is 19.1 Å². The highest BCUT2D eigenvalue weighted by molar-refractivity contribution is 6.20. The fraction of sp³-hybridized carbons (Fsp3) is 0.312. The van der Waals surface area contributed by atoms with E-state index < -0.39 is 29.1 Å². The van der Waals surface area contributed by atoms with Gasteiger partial charge in [0.25, 0.3) is 0 Å². The van der Waals surface area contributed by atoms with Crippen LogP contribution in [0.3, 0.4) is 0 Å². The molecular formula is C16H16FNO5. The predicted molar refractivity (Wildman–Crippen MR) is 78.7 cm³/mol. The van der Waals surface area contributed by atoms with Crippen LogP contribution < -0.4 is 4.90 Å². The molecule has 2 rings (SSSR count). The number of halogens is 1. The molecular weight excluding hydrogens is 305 g/mol. The van der Waals surface area contributed by atoms with Gasteiger partial charge in [-0.3, -0.25) is 9.69 Å². The molecule has 0 bridgehead atoms. The van der Waals surface area contributed by atoms with Crippen molar-refractivity contribution in [1.29, 1.82) is 0 Å². The molecule has 1 aliphatic heterocycles. The first-order chi connectivity index (χ1) is 10.8. The van der Waals surface area contributed by atoms with Crippen molar-refractivity contribution >= 4 is 23.5 Å². The van der Waals surface area contributed by atoms with Crippen molar-refractivity contribution in [3.8, 4) is 0 Å². The zero-order chi connectivity index (χ0) is 17.4. The van der Waals surface area contributed by atoms with Crippen LogP contribution in [0.1, 0.15) is 13.8 Å². The van der Waals surface area contributed by atoms with Gasteiger partial charge in [-0.1, -0.05) is 0 Å². The van der Waals surface area contributed by atoms with Crippen LogP contribution in [-0.4, -0.2) is 32.1 Å². The average Bonchev–Trinajstić information content (AvgIpc) is 2.74. The van der Waals surface area contributed by atoms with E-state index in [0.29, 0.717) is 0 Å². The lowest BCUT2D eigenvalue weighted by Crippen LogP contribution is -2.35. The van der Waals surface area contributed by atoms with Gasteiger partial charge in [-0.2, -0.15) is 0 Å². The number of rotatable bonds is 3. The zero-order valence-electron chi connectivity index (χ0n) is 13.2. The van der Waals surface area contributed by atoms with Gasteiger partial charge in [0.05, 0.1) is 25.2 Å². The summed E-state index contributed by atoms with van der Waals surface area (Å²) in [6.07, 6.45) is 0. The van der Waals surface area contributed by atoms with Crippen LogP contribution in [0.5, 0.6) is 0 Å². The van der Waals surface area contributed by atoms with Crippen LogP contribution in [-0.2, 0) is 23.9 Å². The number of benzene rings is 1. The second-order valence-electron chi connectivity index (χ2n) is 5.45. The maximum absolute atomic E-state index is 13.1. The number of carbonyl (C=O) groups excluding carboxylic acids is 3. The molecule has 0 spiro atoms. The minimum absolute atomic E-state index is 0.0961. The van der Waals surface area contributed by atoms with Crippen LogP contribution in [0.4, 0.5) is 10.1 Å². The van der Waals surface area contributed by atoms with E-state index in [9.17, 15) is 18.8 Å². The number of ether oxygens (including phenoxy) is 2. The Morgan fingerprint density at radius 1 is 1.04 bits per heavy atom. The predicted octanol–water partition coefficient (Wildman–Crippen LogP) is 1.80. The molecule has 0 fully saturated rings. The molecule has 0 N–H and O–H groups in total. The molecule has 0 saturated heterocycles. The van der Waals surface area contributed by atoms with E-state index in [1.165, 1.54) is 26.0 Å². The quantitative estimate of drug-likeness (QED) is 0.794. The summed E-state index contributed by atoms with van der Waals surface area (Å²) in [4.78, 5) is 38.1. The van der Waals surface area contributed by atoms with Crippen LogP contribution >= 0.6 is 0 Å². The summed E-state index contributed by atoms with van der Waals surface area (Å²) in [6.45, 7) is 3.02. The van der Waals surface area contributed by atoms with Crippen LogP contribution in [0.2, 0.25) is 0 Å². The fourth-order valence-electron chi connectivity index (χ4n) is 2.48. The van der Waals surface area contributed by atoms with Gasteiger partial charge in [0.2, 0.25) is 5.91 Å². The van der Waals surface area contributed by atoms with Gasteiger partial charge < -0.3 is 9.47 Å². The number of hydrogen-bond acceptors (Lipinski definition) is 5. The second-order valence-corrected chi connectivity index (χ2v) is 5.45. The van der Waals surface area contributed by atoms with Crippen LogP contribution in [0.25, 0.3) is 0 Å². The van der Waals surface area contributed by atoms with Gasteiger partial charge in [-0.05, 0) is 38.1 Å².